The van der Waals surface area contributed by atoms with E-state index in [2.05, 4.69) is 27.4 Å². The van der Waals surface area contributed by atoms with Crippen molar-refractivity contribution in [1.82, 2.24) is 15.5 Å². The summed E-state index contributed by atoms with van der Waals surface area (Å²) in [5.74, 6) is 0.869. The van der Waals surface area contributed by atoms with Crippen molar-refractivity contribution < 1.29 is 4.74 Å². The number of ether oxygens (including phenoxy) is 1. The van der Waals surface area contributed by atoms with E-state index in [0.29, 0.717) is 6.61 Å². The minimum atomic E-state index is 0.702. The number of nitrogens with one attached hydrogen (secondary N) is 2. The van der Waals surface area contributed by atoms with E-state index < -0.39 is 0 Å². The van der Waals surface area contributed by atoms with Crippen molar-refractivity contribution in [2.24, 2.45) is 4.99 Å². The number of guanidine groups is 1. The first kappa shape index (κ1) is 17.2. The Morgan fingerprint density at radius 3 is 2.75 bits per heavy atom. The van der Waals surface area contributed by atoms with Crippen LogP contribution in [0.3, 0.4) is 0 Å². The molecule has 1 aliphatic rings. The van der Waals surface area contributed by atoms with E-state index in [4.69, 9.17) is 4.74 Å². The summed E-state index contributed by atoms with van der Waals surface area (Å²) in [6, 6.07) is 0.778. The van der Waals surface area contributed by atoms with Gasteiger partial charge >= 0.3 is 0 Å². The molecule has 0 amide bonds. The third-order valence-corrected chi connectivity index (χ3v) is 3.93. The summed E-state index contributed by atoms with van der Waals surface area (Å²) in [7, 11) is 3.51. The zero-order valence-corrected chi connectivity index (χ0v) is 13.5. The SMILES string of the molecule is CN=C(NCCCCN1CCCCC1C)NCCOC. The number of hydrogen-bond acceptors (Lipinski definition) is 3. The van der Waals surface area contributed by atoms with Gasteiger partial charge in [0.15, 0.2) is 5.96 Å². The van der Waals surface area contributed by atoms with Crippen molar-refractivity contribution in [3.05, 3.63) is 0 Å². The molecule has 0 bridgehead atoms. The van der Waals surface area contributed by atoms with Crippen LogP contribution in [0.2, 0.25) is 0 Å². The lowest BCUT2D eigenvalue weighted by atomic mass is 10.0. The molecule has 5 heteroatoms. The summed E-state index contributed by atoms with van der Waals surface area (Å²) in [5.41, 5.74) is 0. The molecule has 0 spiro atoms. The highest BCUT2D eigenvalue weighted by molar-refractivity contribution is 5.79. The molecule has 0 radical (unpaired) electrons. The van der Waals surface area contributed by atoms with Gasteiger partial charge in [-0.15, -0.1) is 0 Å². The largest absolute Gasteiger partial charge is 0.383 e. The van der Waals surface area contributed by atoms with E-state index in [1.54, 1.807) is 14.2 Å². The molecule has 0 aromatic rings. The summed E-state index contributed by atoms with van der Waals surface area (Å²) in [5, 5.41) is 6.56. The van der Waals surface area contributed by atoms with Crippen molar-refractivity contribution in [2.45, 2.75) is 45.1 Å². The first-order valence-electron chi connectivity index (χ1n) is 7.95. The van der Waals surface area contributed by atoms with E-state index in [1.165, 1.54) is 45.2 Å². The number of rotatable bonds is 8. The molecular formula is C15H32N4O. The fourth-order valence-electron chi connectivity index (χ4n) is 2.63. The van der Waals surface area contributed by atoms with Gasteiger partial charge < -0.3 is 20.3 Å². The highest BCUT2D eigenvalue weighted by Crippen LogP contribution is 2.16. The van der Waals surface area contributed by atoms with Crippen LogP contribution in [0.25, 0.3) is 0 Å². The molecule has 0 aliphatic carbocycles. The van der Waals surface area contributed by atoms with E-state index in [1.807, 2.05) is 0 Å². The second-order valence-electron chi connectivity index (χ2n) is 5.51. The van der Waals surface area contributed by atoms with Gasteiger partial charge in [0.05, 0.1) is 6.61 Å². The number of likely N-dealkylation sites (tertiary alicyclic amines) is 1. The molecule has 1 rings (SSSR count). The number of nitrogens with zero attached hydrogens (tertiary/aromatic N) is 2. The molecule has 0 saturated carbocycles. The van der Waals surface area contributed by atoms with Crippen LogP contribution in [-0.4, -0.2) is 63.8 Å². The zero-order chi connectivity index (χ0) is 14.6. The number of unbranched alkanes of at least 4 members (excludes halogenated alkanes) is 1. The Balaban J connectivity index is 2.02. The molecule has 1 atom stereocenters. The molecule has 20 heavy (non-hydrogen) atoms. The predicted octanol–water partition coefficient (Wildman–Crippen LogP) is 1.45. The molecule has 0 aromatic heterocycles. The predicted molar refractivity (Wildman–Crippen MR) is 85.4 cm³/mol. The first-order chi connectivity index (χ1) is 9.77. The maximum Gasteiger partial charge on any atom is 0.191 e. The van der Waals surface area contributed by atoms with Gasteiger partial charge in [-0.1, -0.05) is 6.42 Å². The Morgan fingerprint density at radius 2 is 2.05 bits per heavy atom. The average molecular weight is 284 g/mol. The summed E-state index contributed by atoms with van der Waals surface area (Å²) >= 11 is 0. The number of aliphatic imine (C=N–C) groups is 1. The highest BCUT2D eigenvalue weighted by Gasteiger charge is 2.16. The lowest BCUT2D eigenvalue weighted by molar-refractivity contribution is 0.158. The minimum Gasteiger partial charge on any atom is -0.383 e. The van der Waals surface area contributed by atoms with Crippen LogP contribution in [0, 0.1) is 0 Å². The van der Waals surface area contributed by atoms with E-state index >= 15 is 0 Å². The molecule has 1 aliphatic heterocycles. The lowest BCUT2D eigenvalue weighted by Crippen LogP contribution is -2.40. The quantitative estimate of drug-likeness (QED) is 0.402. The maximum atomic E-state index is 5.01. The summed E-state index contributed by atoms with van der Waals surface area (Å²) in [6.07, 6.45) is 6.59. The van der Waals surface area contributed by atoms with Crippen molar-refractivity contribution in [3.63, 3.8) is 0 Å². The second kappa shape index (κ2) is 10.9. The molecule has 1 heterocycles. The smallest absolute Gasteiger partial charge is 0.191 e. The topological polar surface area (TPSA) is 48.9 Å². The van der Waals surface area contributed by atoms with Crippen LogP contribution < -0.4 is 10.6 Å². The van der Waals surface area contributed by atoms with Crippen LogP contribution in [0.15, 0.2) is 4.99 Å². The van der Waals surface area contributed by atoms with Crippen LogP contribution in [0.4, 0.5) is 0 Å². The Bertz CT molecular complexity index is 271. The standard InChI is InChI=1S/C15H32N4O/c1-14-8-4-6-11-19(14)12-7-5-9-17-15(16-2)18-10-13-20-3/h14H,4-13H2,1-3H3,(H2,16,17,18). The van der Waals surface area contributed by atoms with Crippen molar-refractivity contribution in [3.8, 4) is 0 Å². The van der Waals surface area contributed by atoms with E-state index in [0.717, 1.165) is 25.1 Å². The van der Waals surface area contributed by atoms with Gasteiger partial charge in [-0.05, 0) is 45.7 Å². The fourth-order valence-corrected chi connectivity index (χ4v) is 2.63. The normalized spacial score (nSPS) is 20.9. The first-order valence-corrected chi connectivity index (χ1v) is 7.95. The summed E-state index contributed by atoms with van der Waals surface area (Å²) in [6.45, 7) is 7.36. The van der Waals surface area contributed by atoms with Gasteiger partial charge in [0, 0.05) is 33.3 Å². The number of methoxy groups -OCH3 is 1. The molecule has 1 unspecified atom stereocenters. The average Bonchev–Trinajstić information content (AvgIpc) is 2.47. The van der Waals surface area contributed by atoms with Gasteiger partial charge in [-0.2, -0.15) is 0 Å². The Morgan fingerprint density at radius 1 is 1.25 bits per heavy atom. The Hall–Kier alpha value is -0.810. The third kappa shape index (κ3) is 7.10. The van der Waals surface area contributed by atoms with Crippen molar-refractivity contribution in [2.75, 3.05) is 46.9 Å². The van der Waals surface area contributed by atoms with Gasteiger partial charge in [0.2, 0.25) is 0 Å². The lowest BCUT2D eigenvalue weighted by Gasteiger charge is -2.33. The van der Waals surface area contributed by atoms with Gasteiger partial charge in [-0.3, -0.25) is 4.99 Å². The summed E-state index contributed by atoms with van der Waals surface area (Å²) in [4.78, 5) is 6.82. The van der Waals surface area contributed by atoms with Gasteiger partial charge in [-0.25, -0.2) is 0 Å². The van der Waals surface area contributed by atoms with Gasteiger partial charge in [0.25, 0.3) is 0 Å². The molecule has 2 N–H and O–H groups in total. The second-order valence-corrected chi connectivity index (χ2v) is 5.51. The van der Waals surface area contributed by atoms with Crippen LogP contribution in [-0.2, 0) is 4.74 Å². The number of piperidine rings is 1. The highest BCUT2D eigenvalue weighted by atomic mass is 16.5. The van der Waals surface area contributed by atoms with Crippen molar-refractivity contribution >= 4 is 5.96 Å². The molecule has 5 nitrogen and oxygen atoms in total. The Kier molecular flexibility index (Phi) is 9.41. The molecule has 0 aromatic carbocycles. The van der Waals surface area contributed by atoms with Crippen LogP contribution in [0.5, 0.6) is 0 Å². The molecule has 118 valence electrons. The van der Waals surface area contributed by atoms with Crippen LogP contribution >= 0.6 is 0 Å². The maximum absolute atomic E-state index is 5.01. The molecule has 1 fully saturated rings. The van der Waals surface area contributed by atoms with E-state index in [-0.39, 0.29) is 0 Å². The monoisotopic (exact) mass is 284 g/mol. The van der Waals surface area contributed by atoms with Crippen LogP contribution in [0.1, 0.15) is 39.0 Å². The van der Waals surface area contributed by atoms with E-state index in [9.17, 15) is 0 Å². The fraction of sp³-hybridized carbons (Fsp3) is 0.933. The Labute approximate surface area is 124 Å². The minimum absolute atomic E-state index is 0.702. The number of hydrogen-bond donors (Lipinski definition) is 2. The third-order valence-electron chi connectivity index (χ3n) is 3.93. The van der Waals surface area contributed by atoms with Gasteiger partial charge in [0.1, 0.15) is 0 Å². The van der Waals surface area contributed by atoms with Crippen molar-refractivity contribution in [1.29, 1.82) is 0 Å². The molecule has 1 saturated heterocycles. The zero-order valence-electron chi connectivity index (χ0n) is 13.5. The molecular weight excluding hydrogens is 252 g/mol. The summed E-state index contributed by atoms with van der Waals surface area (Å²) < 4.78 is 5.01.